The van der Waals surface area contributed by atoms with Gasteiger partial charge < -0.3 is 26.3 Å². The summed E-state index contributed by atoms with van der Waals surface area (Å²) in [4.78, 5) is 0. The number of nitrogens with one attached hydrogen (secondary N) is 1. The van der Waals surface area contributed by atoms with Crippen molar-refractivity contribution in [3.63, 3.8) is 0 Å². The maximum Gasteiger partial charge on any atom is 0.134 e. The topological polar surface area (TPSA) is 82.5 Å². The van der Waals surface area contributed by atoms with Gasteiger partial charge in [-0.2, -0.15) is 0 Å². The molecular weight excluding hydrogens is 222 g/mol. The van der Waals surface area contributed by atoms with Crippen LogP contribution in [0.3, 0.4) is 0 Å². The Morgan fingerprint density at radius 1 is 1.25 bits per heavy atom. The second-order valence-corrected chi connectivity index (χ2v) is 5.81. The standard InChI is InChI=1S/C10H27N3O2Si/c1-14-10(15-2)16-7-3-4-9(8-12)13-6-5-11/h9-10,13H,3-8,11-12,16H2,1-2H3. The summed E-state index contributed by atoms with van der Waals surface area (Å²) in [5, 5.41) is 3.34. The predicted molar refractivity (Wildman–Crippen MR) is 70.3 cm³/mol. The van der Waals surface area contributed by atoms with Crippen LogP contribution in [0.25, 0.3) is 0 Å². The monoisotopic (exact) mass is 249 g/mol. The summed E-state index contributed by atoms with van der Waals surface area (Å²) in [6.45, 7) is 2.19. The first-order valence-corrected chi connectivity index (χ1v) is 7.79. The highest BCUT2D eigenvalue weighted by molar-refractivity contribution is 6.36. The Bertz CT molecular complexity index is 148. The summed E-state index contributed by atoms with van der Waals surface area (Å²) in [6.07, 6.45) is 2.30. The van der Waals surface area contributed by atoms with Gasteiger partial charge in [0.25, 0.3) is 0 Å². The van der Waals surface area contributed by atoms with Gasteiger partial charge in [-0.05, 0) is 6.42 Å². The van der Waals surface area contributed by atoms with Crippen molar-refractivity contribution in [3.8, 4) is 0 Å². The van der Waals surface area contributed by atoms with Crippen LogP contribution >= 0.6 is 0 Å². The van der Waals surface area contributed by atoms with E-state index in [1.807, 2.05) is 0 Å². The van der Waals surface area contributed by atoms with Crippen molar-refractivity contribution in [2.75, 3.05) is 33.9 Å². The van der Waals surface area contributed by atoms with Gasteiger partial charge in [-0.15, -0.1) is 0 Å². The van der Waals surface area contributed by atoms with Crippen LogP contribution in [0.4, 0.5) is 0 Å². The second kappa shape index (κ2) is 11.5. The van der Waals surface area contributed by atoms with Gasteiger partial charge in [-0.1, -0.05) is 12.5 Å². The fourth-order valence-electron chi connectivity index (χ4n) is 1.62. The molecule has 0 heterocycles. The highest BCUT2D eigenvalue weighted by atomic mass is 28.2. The van der Waals surface area contributed by atoms with Gasteiger partial charge in [-0.3, -0.25) is 0 Å². The highest BCUT2D eigenvalue weighted by Crippen LogP contribution is 2.02. The molecule has 0 aliphatic carbocycles. The molecule has 1 unspecified atom stereocenters. The molecule has 0 spiro atoms. The number of hydrogen-bond donors (Lipinski definition) is 3. The Hall–Kier alpha value is 0.0169. The van der Waals surface area contributed by atoms with E-state index < -0.39 is 0 Å². The van der Waals surface area contributed by atoms with Crippen LogP contribution in [-0.4, -0.2) is 55.3 Å². The number of ether oxygens (including phenoxy) is 2. The Kier molecular flexibility index (Phi) is 11.5. The molecule has 5 N–H and O–H groups in total. The molecule has 0 radical (unpaired) electrons. The molecule has 0 aromatic carbocycles. The van der Waals surface area contributed by atoms with Crippen LogP contribution in [0.5, 0.6) is 0 Å². The van der Waals surface area contributed by atoms with E-state index >= 15 is 0 Å². The Morgan fingerprint density at radius 3 is 2.44 bits per heavy atom. The minimum atomic E-state index is -0.282. The van der Waals surface area contributed by atoms with E-state index in [0.29, 0.717) is 19.1 Å². The van der Waals surface area contributed by atoms with Crippen LogP contribution in [0.1, 0.15) is 12.8 Å². The smallest absolute Gasteiger partial charge is 0.134 e. The van der Waals surface area contributed by atoms with Crippen molar-refractivity contribution in [2.45, 2.75) is 30.8 Å². The van der Waals surface area contributed by atoms with E-state index in [0.717, 1.165) is 13.0 Å². The molecule has 1 atom stereocenters. The normalized spacial score (nSPS) is 14.1. The van der Waals surface area contributed by atoms with E-state index in [1.54, 1.807) is 14.2 Å². The van der Waals surface area contributed by atoms with Gasteiger partial charge in [0.1, 0.15) is 5.91 Å². The average molecular weight is 249 g/mol. The molecule has 6 heteroatoms. The highest BCUT2D eigenvalue weighted by Gasteiger charge is 2.08. The zero-order valence-corrected chi connectivity index (χ0v) is 12.0. The molecule has 0 rings (SSSR count). The first-order chi connectivity index (χ1) is 7.78. The van der Waals surface area contributed by atoms with Crippen LogP contribution in [0.2, 0.25) is 6.04 Å². The fourth-order valence-corrected chi connectivity index (χ4v) is 3.01. The summed E-state index contributed by atoms with van der Waals surface area (Å²) >= 11 is 0. The minimum absolute atomic E-state index is 0.0633. The lowest BCUT2D eigenvalue weighted by Crippen LogP contribution is -2.38. The van der Waals surface area contributed by atoms with Gasteiger partial charge in [0.2, 0.25) is 0 Å². The zero-order valence-electron chi connectivity index (χ0n) is 10.6. The average Bonchev–Trinajstić information content (AvgIpc) is 2.33. The van der Waals surface area contributed by atoms with Crippen LogP contribution in [0, 0.1) is 0 Å². The molecule has 0 aliphatic heterocycles. The van der Waals surface area contributed by atoms with Gasteiger partial charge in [0, 0.05) is 39.9 Å². The number of hydrogen-bond acceptors (Lipinski definition) is 5. The third-order valence-corrected chi connectivity index (χ3v) is 4.68. The molecule has 16 heavy (non-hydrogen) atoms. The molecule has 0 aromatic heterocycles. The molecule has 0 bridgehead atoms. The van der Waals surface area contributed by atoms with Crippen molar-refractivity contribution in [2.24, 2.45) is 11.5 Å². The van der Waals surface area contributed by atoms with Gasteiger partial charge in [-0.25, -0.2) is 0 Å². The third-order valence-electron chi connectivity index (χ3n) is 2.63. The predicted octanol–water partition coefficient (Wildman–Crippen LogP) is -1.19. The quantitative estimate of drug-likeness (QED) is 0.244. The minimum Gasteiger partial charge on any atom is -0.360 e. The zero-order chi connectivity index (χ0) is 12.2. The number of rotatable bonds is 11. The molecule has 0 aliphatic rings. The van der Waals surface area contributed by atoms with E-state index in [1.165, 1.54) is 12.5 Å². The van der Waals surface area contributed by atoms with E-state index in [-0.39, 0.29) is 15.4 Å². The summed E-state index contributed by atoms with van der Waals surface area (Å²) in [7, 11) is 3.12. The van der Waals surface area contributed by atoms with Crippen LogP contribution in [0.15, 0.2) is 0 Å². The molecule has 98 valence electrons. The summed E-state index contributed by atoms with van der Waals surface area (Å²) in [5.41, 5.74) is 11.1. The van der Waals surface area contributed by atoms with Crippen LogP contribution < -0.4 is 16.8 Å². The molecule has 0 fully saturated rings. The van der Waals surface area contributed by atoms with E-state index in [4.69, 9.17) is 20.9 Å². The Morgan fingerprint density at radius 2 is 1.94 bits per heavy atom. The lowest BCUT2D eigenvalue weighted by atomic mass is 10.1. The molecule has 0 saturated carbocycles. The second-order valence-electron chi connectivity index (χ2n) is 3.86. The van der Waals surface area contributed by atoms with Gasteiger partial charge in [0.15, 0.2) is 0 Å². The lowest BCUT2D eigenvalue weighted by Gasteiger charge is -2.17. The van der Waals surface area contributed by atoms with Crippen molar-refractivity contribution in [3.05, 3.63) is 0 Å². The summed E-state index contributed by atoms with van der Waals surface area (Å²) in [6, 6.07) is 1.63. The fraction of sp³-hybridized carbons (Fsp3) is 1.00. The number of methoxy groups -OCH3 is 2. The van der Waals surface area contributed by atoms with Gasteiger partial charge in [0.05, 0.1) is 9.52 Å². The molecule has 0 aromatic rings. The molecule has 5 nitrogen and oxygen atoms in total. The maximum atomic E-state index is 5.67. The molecule has 0 amide bonds. The summed E-state index contributed by atoms with van der Waals surface area (Å²) in [5.74, 6) is 0.0633. The Balaban J connectivity index is 3.46. The first kappa shape index (κ1) is 16.0. The third kappa shape index (κ3) is 8.20. The van der Waals surface area contributed by atoms with E-state index in [9.17, 15) is 0 Å². The van der Waals surface area contributed by atoms with Crippen molar-refractivity contribution in [1.82, 2.24) is 5.32 Å². The molecule has 0 saturated heterocycles. The SMILES string of the molecule is COC(OC)[SiH2]CCCC(CN)NCCN. The maximum absolute atomic E-state index is 5.67. The number of nitrogens with two attached hydrogens (primary N) is 2. The lowest BCUT2D eigenvalue weighted by molar-refractivity contribution is -0.0441. The van der Waals surface area contributed by atoms with Gasteiger partial charge >= 0.3 is 0 Å². The van der Waals surface area contributed by atoms with E-state index in [2.05, 4.69) is 5.32 Å². The van der Waals surface area contributed by atoms with Crippen LogP contribution in [-0.2, 0) is 9.47 Å². The van der Waals surface area contributed by atoms with Crippen molar-refractivity contribution in [1.29, 1.82) is 0 Å². The summed E-state index contributed by atoms with van der Waals surface area (Å²) < 4.78 is 10.4. The Labute approximate surface area is 101 Å². The first-order valence-electron chi connectivity index (χ1n) is 5.97. The largest absolute Gasteiger partial charge is 0.360 e. The molecular formula is C10H27N3O2Si. The van der Waals surface area contributed by atoms with Crippen molar-refractivity contribution >= 4 is 9.52 Å². The van der Waals surface area contributed by atoms with Crippen molar-refractivity contribution < 1.29 is 9.47 Å².